The fraction of sp³-hybridized carbons (Fsp3) is 1.00. The molecule has 0 saturated carbocycles. The summed E-state index contributed by atoms with van der Waals surface area (Å²) in [7, 11) is 0. The van der Waals surface area contributed by atoms with Gasteiger partial charge in [0.2, 0.25) is 0 Å². The zero-order chi connectivity index (χ0) is 13.8. The Morgan fingerprint density at radius 3 is 0.650 bits per heavy atom. The molecule has 20 heavy (non-hydrogen) atoms. The number of hydrogen-bond acceptors (Lipinski definition) is 2. The third kappa shape index (κ3) is 146. The van der Waals surface area contributed by atoms with E-state index in [0.717, 1.165) is 6.54 Å². The number of hydrogen-bond donors (Lipinski definition) is 1. The monoisotopic (exact) mass is 298 g/mol. The van der Waals surface area contributed by atoms with Crippen molar-refractivity contribution in [3.05, 3.63) is 0 Å². The Labute approximate surface area is 135 Å². The first-order chi connectivity index (χ1) is 7.59. The maximum Gasteiger partial charge on any atom is -0.00474 e. The molecule has 0 saturated heterocycles. The summed E-state index contributed by atoms with van der Waals surface area (Å²) in [5, 5.41) is 0. The predicted molar refractivity (Wildman–Crippen MR) is 107 cm³/mol. The molecule has 0 aliphatic rings. The van der Waals surface area contributed by atoms with Crippen LogP contribution in [0.5, 0.6) is 0 Å². The Bertz CT molecular complexity index is 52.2. The van der Waals surface area contributed by atoms with Gasteiger partial charge < -0.3 is 10.6 Å². The number of nitrogens with two attached hydrogens (primary N) is 1. The first-order valence-corrected chi connectivity index (χ1v) is 7.01. The zero-order valence-corrected chi connectivity index (χ0v) is 13.3. The van der Waals surface area contributed by atoms with Crippen LogP contribution in [0.1, 0.15) is 97.9 Å². The van der Waals surface area contributed by atoms with Crippen LogP contribution in [-0.4, -0.2) is 31.1 Å². The molecular formula is C18H54N2. The smallest absolute Gasteiger partial charge is 0.00474 e. The van der Waals surface area contributed by atoms with Crippen LogP contribution in [-0.2, 0) is 0 Å². The zero-order valence-electron chi connectivity index (χ0n) is 13.3. The summed E-state index contributed by atoms with van der Waals surface area (Å²) in [6, 6.07) is 0. The summed E-state index contributed by atoms with van der Waals surface area (Å²) in [5.74, 6) is 0. The van der Waals surface area contributed by atoms with Gasteiger partial charge in [0.15, 0.2) is 0 Å². The van der Waals surface area contributed by atoms with Gasteiger partial charge in [-0.1, -0.05) is 97.9 Å². The van der Waals surface area contributed by atoms with Crippen molar-refractivity contribution in [3.8, 4) is 0 Å². The van der Waals surface area contributed by atoms with E-state index in [9.17, 15) is 0 Å². The lowest BCUT2D eigenvalue weighted by molar-refractivity contribution is 0.321. The van der Waals surface area contributed by atoms with E-state index in [4.69, 9.17) is 5.73 Å². The molecule has 0 rings (SSSR count). The van der Waals surface area contributed by atoms with Gasteiger partial charge in [0, 0.05) is 0 Å². The van der Waals surface area contributed by atoms with Gasteiger partial charge in [-0.15, -0.1) is 0 Å². The van der Waals surface area contributed by atoms with Gasteiger partial charge in [0.1, 0.15) is 0 Å². The Kier molecular flexibility index (Phi) is 192. The molecule has 0 spiro atoms. The summed E-state index contributed by atoms with van der Waals surface area (Å²) < 4.78 is 0. The average Bonchev–Trinajstić information content (AvgIpc) is 2.24. The molecule has 0 unspecified atom stereocenters. The minimum absolute atomic E-state index is 0. The van der Waals surface area contributed by atoms with Crippen molar-refractivity contribution in [2.75, 3.05) is 26.2 Å². The van der Waals surface area contributed by atoms with Crippen LogP contribution < -0.4 is 5.73 Å². The Morgan fingerprint density at radius 1 is 0.550 bits per heavy atom. The number of rotatable bonds is 3. The maximum atomic E-state index is 4.85. The molecule has 0 fully saturated rings. The van der Waals surface area contributed by atoms with Gasteiger partial charge in [0.25, 0.3) is 0 Å². The van der Waals surface area contributed by atoms with Crippen LogP contribution in [0, 0.1) is 0 Å². The highest BCUT2D eigenvalue weighted by Crippen LogP contribution is 1.81. The van der Waals surface area contributed by atoms with Crippen molar-refractivity contribution >= 4 is 0 Å². The van der Waals surface area contributed by atoms with Crippen molar-refractivity contribution in [3.63, 3.8) is 0 Å². The molecular weight excluding hydrogens is 244 g/mol. The summed E-state index contributed by atoms with van der Waals surface area (Å²) in [6.45, 7) is 21.3. The molecule has 0 radical (unpaired) electrons. The standard InChI is InChI=1S/C6H15N.2C3H8.C2H7N.4CH4/c1-4-7(5-2)6-3;2*1-3-2;1-2-3;;;;/h4-6H2,1-3H3;2*3H2,1-2H3;2-3H2,1H3;4*1H4. The van der Waals surface area contributed by atoms with Crippen molar-refractivity contribution in [1.82, 2.24) is 4.90 Å². The lowest BCUT2D eigenvalue weighted by Gasteiger charge is -2.13. The second-order valence-electron chi connectivity index (χ2n) is 3.44. The highest BCUT2D eigenvalue weighted by Gasteiger charge is 1.89. The van der Waals surface area contributed by atoms with Crippen LogP contribution in [0.25, 0.3) is 0 Å². The van der Waals surface area contributed by atoms with E-state index in [1.165, 1.54) is 32.5 Å². The SMILES string of the molecule is C.C.C.C.CCC.CCC.CCN.CCN(CC)CC. The van der Waals surface area contributed by atoms with Crippen LogP contribution in [0.2, 0.25) is 0 Å². The molecule has 0 amide bonds. The third-order valence-corrected chi connectivity index (χ3v) is 1.34. The highest BCUT2D eigenvalue weighted by atomic mass is 15.1. The van der Waals surface area contributed by atoms with Crippen molar-refractivity contribution in [2.45, 2.75) is 97.9 Å². The van der Waals surface area contributed by atoms with Gasteiger partial charge in [-0.3, -0.25) is 0 Å². The lowest BCUT2D eigenvalue weighted by atomic mass is 10.5. The molecule has 2 heteroatoms. The van der Waals surface area contributed by atoms with Crippen LogP contribution in [0.15, 0.2) is 0 Å². The minimum atomic E-state index is 0. The second kappa shape index (κ2) is 76.4. The minimum Gasteiger partial charge on any atom is -0.331 e. The molecule has 0 aromatic carbocycles. The summed E-state index contributed by atoms with van der Waals surface area (Å²) >= 11 is 0. The molecule has 0 bridgehead atoms. The second-order valence-corrected chi connectivity index (χ2v) is 3.44. The van der Waals surface area contributed by atoms with E-state index >= 15 is 0 Å². The summed E-state index contributed by atoms with van der Waals surface area (Å²) in [5.41, 5.74) is 4.85. The van der Waals surface area contributed by atoms with Crippen molar-refractivity contribution < 1.29 is 0 Å². The van der Waals surface area contributed by atoms with Crippen molar-refractivity contribution in [1.29, 1.82) is 0 Å². The van der Waals surface area contributed by atoms with E-state index in [-0.39, 0.29) is 29.7 Å². The van der Waals surface area contributed by atoms with Gasteiger partial charge in [0.05, 0.1) is 0 Å². The van der Waals surface area contributed by atoms with E-state index < -0.39 is 0 Å². The largest absolute Gasteiger partial charge is 0.331 e. The first-order valence-electron chi connectivity index (χ1n) is 7.01. The topological polar surface area (TPSA) is 29.3 Å². The highest BCUT2D eigenvalue weighted by molar-refractivity contribution is 4.43. The molecule has 0 heterocycles. The maximum absolute atomic E-state index is 4.85. The first kappa shape index (κ1) is 50.2. The van der Waals surface area contributed by atoms with Crippen LogP contribution in [0.3, 0.4) is 0 Å². The van der Waals surface area contributed by atoms with Gasteiger partial charge >= 0.3 is 0 Å². The number of nitrogens with zero attached hydrogens (tertiary/aromatic N) is 1. The Morgan fingerprint density at radius 2 is 0.650 bits per heavy atom. The summed E-state index contributed by atoms with van der Waals surface area (Å²) in [6.07, 6.45) is 2.50. The molecule has 0 aliphatic heterocycles. The Hall–Kier alpha value is -0.0800. The van der Waals surface area contributed by atoms with Crippen molar-refractivity contribution in [2.24, 2.45) is 5.73 Å². The predicted octanol–water partition coefficient (Wildman–Crippen LogP) is 6.69. The van der Waals surface area contributed by atoms with E-state index in [1.807, 2.05) is 6.92 Å². The molecule has 0 aromatic heterocycles. The quantitative estimate of drug-likeness (QED) is 0.629. The third-order valence-electron chi connectivity index (χ3n) is 1.34. The molecule has 136 valence electrons. The molecule has 0 atom stereocenters. The van der Waals surface area contributed by atoms with E-state index in [0.29, 0.717) is 0 Å². The normalized spacial score (nSPS) is 6.30. The summed E-state index contributed by atoms with van der Waals surface area (Å²) in [4.78, 5) is 2.38. The van der Waals surface area contributed by atoms with E-state index in [1.54, 1.807) is 0 Å². The van der Waals surface area contributed by atoms with Gasteiger partial charge in [-0.05, 0) is 26.2 Å². The molecule has 0 aromatic rings. The Balaban J connectivity index is -0.0000000163. The fourth-order valence-corrected chi connectivity index (χ4v) is 0.671. The molecule has 2 N–H and O–H groups in total. The lowest BCUT2D eigenvalue weighted by Crippen LogP contribution is -2.21. The average molecular weight is 299 g/mol. The van der Waals surface area contributed by atoms with Crippen LogP contribution >= 0.6 is 0 Å². The molecule has 2 nitrogen and oxygen atoms in total. The van der Waals surface area contributed by atoms with Gasteiger partial charge in [-0.2, -0.15) is 0 Å². The van der Waals surface area contributed by atoms with E-state index in [2.05, 4.69) is 53.4 Å². The fourth-order valence-electron chi connectivity index (χ4n) is 0.671. The van der Waals surface area contributed by atoms with Gasteiger partial charge in [-0.25, -0.2) is 0 Å². The van der Waals surface area contributed by atoms with Crippen LogP contribution in [0.4, 0.5) is 0 Å². The molecule has 0 aliphatic carbocycles.